The van der Waals surface area contributed by atoms with Gasteiger partial charge < -0.3 is 20.4 Å². The Kier molecular flexibility index (Phi) is 3.16. The summed E-state index contributed by atoms with van der Waals surface area (Å²) in [5, 5.41) is 11.2. The number of nitrogens with two attached hydrogens (primary N) is 1. The molecular formula is C16H21N5O. The van der Waals surface area contributed by atoms with E-state index in [0.29, 0.717) is 12.1 Å². The van der Waals surface area contributed by atoms with Crippen molar-refractivity contribution in [3.05, 3.63) is 24.3 Å². The van der Waals surface area contributed by atoms with Crippen LogP contribution in [0.1, 0.15) is 50.6 Å². The number of H-pyrrole nitrogens is 1. The molecule has 1 fully saturated rings. The zero-order valence-corrected chi connectivity index (χ0v) is 12.7. The number of nitrogens with zero attached hydrogens (tertiary/aromatic N) is 3. The number of rotatable bonds is 2. The van der Waals surface area contributed by atoms with Crippen molar-refractivity contribution in [2.45, 2.75) is 50.8 Å². The van der Waals surface area contributed by atoms with Crippen LogP contribution in [0.3, 0.4) is 0 Å². The Balaban J connectivity index is 1.96. The molecule has 1 atom stereocenters. The summed E-state index contributed by atoms with van der Waals surface area (Å²) >= 11 is 0. The standard InChI is InChI=1S/C16H21N5O/c1-9(22)16-20-13-8-19-15-12(6-7-18-15)14(13)21(16)11-4-2-10(17)3-5-11/h6-11,22H,2-5,17H2,1H3,(H,18,19)/t9-,10?,11?/m1/s1. The van der Waals surface area contributed by atoms with Crippen LogP contribution < -0.4 is 5.73 Å². The van der Waals surface area contributed by atoms with E-state index in [1.54, 1.807) is 13.1 Å². The van der Waals surface area contributed by atoms with Gasteiger partial charge in [0.05, 0.1) is 11.7 Å². The number of fused-ring (bicyclic) bond motifs is 3. The monoisotopic (exact) mass is 299 g/mol. The van der Waals surface area contributed by atoms with Crippen LogP contribution >= 0.6 is 0 Å². The summed E-state index contributed by atoms with van der Waals surface area (Å²) in [6, 6.07) is 2.67. The van der Waals surface area contributed by atoms with Crippen molar-refractivity contribution in [2.24, 2.45) is 5.73 Å². The first-order valence-corrected chi connectivity index (χ1v) is 7.92. The fourth-order valence-corrected chi connectivity index (χ4v) is 3.63. The summed E-state index contributed by atoms with van der Waals surface area (Å²) in [5.41, 5.74) is 8.82. The van der Waals surface area contributed by atoms with E-state index in [4.69, 9.17) is 5.73 Å². The lowest BCUT2D eigenvalue weighted by atomic mass is 9.91. The topological polar surface area (TPSA) is 92.8 Å². The van der Waals surface area contributed by atoms with Gasteiger partial charge in [0.15, 0.2) is 0 Å². The molecule has 1 aliphatic carbocycles. The number of hydrogen-bond acceptors (Lipinski definition) is 4. The Morgan fingerprint density at radius 2 is 2.14 bits per heavy atom. The quantitative estimate of drug-likeness (QED) is 0.677. The molecule has 3 aromatic heterocycles. The normalized spacial score (nSPS) is 24.1. The molecule has 0 bridgehead atoms. The van der Waals surface area contributed by atoms with E-state index in [9.17, 15) is 5.11 Å². The Morgan fingerprint density at radius 3 is 2.86 bits per heavy atom. The van der Waals surface area contributed by atoms with E-state index in [1.807, 2.05) is 12.3 Å². The van der Waals surface area contributed by atoms with Crippen LogP contribution in [0, 0.1) is 0 Å². The van der Waals surface area contributed by atoms with Crippen LogP contribution in [0.2, 0.25) is 0 Å². The molecule has 0 aromatic carbocycles. The summed E-state index contributed by atoms with van der Waals surface area (Å²) in [6.45, 7) is 1.77. The smallest absolute Gasteiger partial charge is 0.139 e. The molecule has 22 heavy (non-hydrogen) atoms. The summed E-state index contributed by atoms with van der Waals surface area (Å²) in [5.74, 6) is 0.728. The largest absolute Gasteiger partial charge is 0.385 e. The molecule has 1 saturated carbocycles. The molecule has 0 radical (unpaired) electrons. The Labute approximate surface area is 128 Å². The zero-order chi connectivity index (χ0) is 15.3. The first kappa shape index (κ1) is 13.7. The summed E-state index contributed by atoms with van der Waals surface area (Å²) < 4.78 is 2.23. The number of aliphatic hydroxyl groups is 1. The average molecular weight is 299 g/mol. The van der Waals surface area contributed by atoms with Crippen LogP contribution in [-0.4, -0.2) is 30.7 Å². The van der Waals surface area contributed by atoms with Crippen LogP contribution in [0.25, 0.3) is 22.1 Å². The number of pyridine rings is 1. The zero-order valence-electron chi connectivity index (χ0n) is 12.7. The molecule has 3 aromatic rings. The average Bonchev–Trinajstić information content (AvgIpc) is 3.11. The van der Waals surface area contributed by atoms with Gasteiger partial charge in [0.1, 0.15) is 23.1 Å². The molecule has 0 saturated heterocycles. The van der Waals surface area contributed by atoms with E-state index >= 15 is 0 Å². The lowest BCUT2D eigenvalue weighted by Gasteiger charge is -2.29. The molecule has 6 heteroatoms. The van der Waals surface area contributed by atoms with Crippen molar-refractivity contribution in [1.82, 2.24) is 19.5 Å². The van der Waals surface area contributed by atoms with Crippen LogP contribution in [0.5, 0.6) is 0 Å². The van der Waals surface area contributed by atoms with Crippen molar-refractivity contribution in [3.63, 3.8) is 0 Å². The van der Waals surface area contributed by atoms with Crippen molar-refractivity contribution in [1.29, 1.82) is 0 Å². The lowest BCUT2D eigenvalue weighted by Crippen LogP contribution is -2.28. The third-order valence-corrected chi connectivity index (χ3v) is 4.74. The molecule has 116 valence electrons. The molecule has 0 amide bonds. The minimum atomic E-state index is -0.600. The van der Waals surface area contributed by atoms with Gasteiger partial charge in [-0.15, -0.1) is 0 Å². The van der Waals surface area contributed by atoms with Crippen molar-refractivity contribution >= 4 is 22.1 Å². The van der Waals surface area contributed by atoms with Gasteiger partial charge in [0, 0.05) is 23.7 Å². The summed E-state index contributed by atoms with van der Waals surface area (Å²) in [6.07, 6.45) is 7.17. The highest BCUT2D eigenvalue weighted by atomic mass is 16.3. The number of imidazole rings is 1. The van der Waals surface area contributed by atoms with Gasteiger partial charge in [-0.1, -0.05) is 0 Å². The van der Waals surface area contributed by atoms with E-state index < -0.39 is 6.10 Å². The summed E-state index contributed by atoms with van der Waals surface area (Å²) in [7, 11) is 0. The van der Waals surface area contributed by atoms with Crippen LogP contribution in [0.4, 0.5) is 0 Å². The molecular weight excluding hydrogens is 278 g/mol. The minimum absolute atomic E-state index is 0.301. The molecule has 0 aliphatic heterocycles. The predicted molar refractivity (Wildman–Crippen MR) is 85.5 cm³/mol. The number of aromatic amines is 1. The number of aliphatic hydroxyl groups excluding tert-OH is 1. The minimum Gasteiger partial charge on any atom is -0.385 e. The number of hydrogen-bond donors (Lipinski definition) is 3. The fourth-order valence-electron chi connectivity index (χ4n) is 3.63. The molecule has 0 unspecified atom stereocenters. The highest BCUT2D eigenvalue weighted by Crippen LogP contribution is 2.35. The molecule has 6 nitrogen and oxygen atoms in total. The maximum Gasteiger partial charge on any atom is 0.139 e. The molecule has 3 heterocycles. The van der Waals surface area contributed by atoms with Crippen molar-refractivity contribution in [2.75, 3.05) is 0 Å². The van der Waals surface area contributed by atoms with E-state index in [-0.39, 0.29) is 0 Å². The second kappa shape index (κ2) is 5.07. The van der Waals surface area contributed by atoms with Crippen LogP contribution in [-0.2, 0) is 0 Å². The SMILES string of the molecule is C[C@@H](O)c1nc2cnc3[nH]ccc3c2n1C1CCC(N)CC1. The highest BCUT2D eigenvalue weighted by molar-refractivity contribution is 6.01. The second-order valence-electron chi connectivity index (χ2n) is 6.32. The van der Waals surface area contributed by atoms with Crippen LogP contribution in [0.15, 0.2) is 18.5 Å². The van der Waals surface area contributed by atoms with Gasteiger partial charge in [0.2, 0.25) is 0 Å². The van der Waals surface area contributed by atoms with Gasteiger partial charge in [-0.3, -0.25) is 0 Å². The number of nitrogens with one attached hydrogen (secondary N) is 1. The van der Waals surface area contributed by atoms with E-state index in [1.165, 1.54) is 0 Å². The third-order valence-electron chi connectivity index (χ3n) is 4.74. The van der Waals surface area contributed by atoms with E-state index in [2.05, 4.69) is 19.5 Å². The summed E-state index contributed by atoms with van der Waals surface area (Å²) in [4.78, 5) is 12.2. The molecule has 0 spiro atoms. The van der Waals surface area contributed by atoms with Gasteiger partial charge in [-0.25, -0.2) is 9.97 Å². The van der Waals surface area contributed by atoms with Gasteiger partial charge in [-0.2, -0.15) is 0 Å². The van der Waals surface area contributed by atoms with Gasteiger partial charge in [0.25, 0.3) is 0 Å². The maximum atomic E-state index is 10.2. The Morgan fingerprint density at radius 1 is 1.36 bits per heavy atom. The lowest BCUT2D eigenvalue weighted by molar-refractivity contribution is 0.177. The fraction of sp³-hybridized carbons (Fsp3) is 0.500. The van der Waals surface area contributed by atoms with Gasteiger partial charge >= 0.3 is 0 Å². The second-order valence-corrected chi connectivity index (χ2v) is 6.32. The highest BCUT2D eigenvalue weighted by Gasteiger charge is 2.26. The first-order chi connectivity index (χ1) is 10.6. The van der Waals surface area contributed by atoms with Crippen molar-refractivity contribution in [3.8, 4) is 0 Å². The Hall–Kier alpha value is -1.92. The van der Waals surface area contributed by atoms with E-state index in [0.717, 1.165) is 53.6 Å². The molecule has 4 N–H and O–H groups in total. The predicted octanol–water partition coefficient (Wildman–Crippen LogP) is 2.41. The number of aromatic nitrogens is 4. The third kappa shape index (κ3) is 2.02. The first-order valence-electron chi connectivity index (χ1n) is 7.92. The van der Waals surface area contributed by atoms with Crippen molar-refractivity contribution < 1.29 is 5.11 Å². The van der Waals surface area contributed by atoms with Gasteiger partial charge in [-0.05, 0) is 38.7 Å². The molecule has 1 aliphatic rings. The maximum absolute atomic E-state index is 10.2. The Bertz CT molecular complexity index is 811. The molecule has 4 rings (SSSR count).